The van der Waals surface area contributed by atoms with E-state index in [1.54, 1.807) is 12.1 Å². The number of nitrogens with two attached hydrogens (primary N) is 1. The molecule has 0 aliphatic heterocycles. The second kappa shape index (κ2) is 6.12. The molecule has 19 heavy (non-hydrogen) atoms. The van der Waals surface area contributed by atoms with Crippen LogP contribution in [-0.2, 0) is 9.53 Å². The summed E-state index contributed by atoms with van der Waals surface area (Å²) in [6.07, 6.45) is 4.09. The van der Waals surface area contributed by atoms with E-state index in [2.05, 4.69) is 5.32 Å². The van der Waals surface area contributed by atoms with Crippen LogP contribution in [0.3, 0.4) is 0 Å². The second-order valence-electron chi connectivity index (χ2n) is 5.09. The number of nitrogens with one attached hydrogen (secondary N) is 1. The summed E-state index contributed by atoms with van der Waals surface area (Å²) in [5.41, 5.74) is 5.98. The molecule has 1 aromatic carbocycles. The lowest BCUT2D eigenvalue weighted by atomic mass is 10.0. The first-order valence-electron chi connectivity index (χ1n) is 6.50. The zero-order valence-electron chi connectivity index (χ0n) is 10.8. The molecule has 4 nitrogen and oxygen atoms in total. The van der Waals surface area contributed by atoms with Crippen LogP contribution >= 0.6 is 0 Å². The zero-order valence-corrected chi connectivity index (χ0v) is 10.8. The minimum absolute atomic E-state index is 0.104. The number of ether oxygens (including phenoxy) is 1. The Labute approximate surface area is 112 Å². The first-order chi connectivity index (χ1) is 9.09. The molecule has 1 aliphatic carbocycles. The lowest BCUT2D eigenvalue weighted by Gasteiger charge is -2.22. The summed E-state index contributed by atoms with van der Waals surface area (Å²) in [5, 5.41) is 2.47. The highest BCUT2D eigenvalue weighted by Crippen LogP contribution is 2.27. The Morgan fingerprint density at radius 1 is 1.37 bits per heavy atom. The van der Waals surface area contributed by atoms with Gasteiger partial charge in [0.25, 0.3) is 0 Å². The summed E-state index contributed by atoms with van der Waals surface area (Å²) < 4.78 is 18.6. The lowest BCUT2D eigenvalue weighted by Crippen LogP contribution is -2.42. The van der Waals surface area contributed by atoms with Crippen LogP contribution in [0.4, 0.5) is 10.1 Å². The molecule has 0 heterocycles. The van der Waals surface area contributed by atoms with Crippen molar-refractivity contribution in [3.05, 3.63) is 30.1 Å². The van der Waals surface area contributed by atoms with Crippen molar-refractivity contribution in [2.75, 3.05) is 18.5 Å². The van der Waals surface area contributed by atoms with Gasteiger partial charge in [-0.25, -0.2) is 4.39 Å². The molecule has 0 saturated heterocycles. The Kier molecular flexibility index (Phi) is 4.50. The number of carbonyl (C=O) groups excluding carboxylic acids is 1. The molecule has 1 fully saturated rings. The molecule has 1 aliphatic rings. The van der Waals surface area contributed by atoms with Crippen molar-refractivity contribution in [3.63, 3.8) is 0 Å². The van der Waals surface area contributed by atoms with Gasteiger partial charge in [-0.05, 0) is 25.0 Å². The van der Waals surface area contributed by atoms with Gasteiger partial charge in [0.1, 0.15) is 12.4 Å². The maximum atomic E-state index is 13.3. The molecule has 2 rings (SSSR count). The van der Waals surface area contributed by atoms with Crippen molar-refractivity contribution < 1.29 is 13.9 Å². The Hall–Kier alpha value is -1.46. The van der Waals surface area contributed by atoms with Crippen molar-refractivity contribution in [3.8, 4) is 0 Å². The molecule has 1 amide bonds. The molecule has 104 valence electrons. The highest BCUT2D eigenvalue weighted by molar-refractivity contribution is 5.91. The minimum atomic E-state index is -0.457. The summed E-state index contributed by atoms with van der Waals surface area (Å²) in [7, 11) is 0. The van der Waals surface area contributed by atoms with Gasteiger partial charge >= 0.3 is 0 Å². The number of amides is 1. The van der Waals surface area contributed by atoms with E-state index in [-0.39, 0.29) is 23.7 Å². The van der Waals surface area contributed by atoms with Crippen molar-refractivity contribution in [1.82, 2.24) is 0 Å². The normalized spacial score (nSPS) is 17.4. The SMILES string of the molecule is NC1(COCC(=O)Nc2ccccc2F)CCCC1. The zero-order chi connectivity index (χ0) is 13.7. The molecule has 0 aromatic heterocycles. The van der Waals surface area contributed by atoms with E-state index in [1.807, 2.05) is 0 Å². The van der Waals surface area contributed by atoms with Crippen LogP contribution in [0.1, 0.15) is 25.7 Å². The highest BCUT2D eigenvalue weighted by Gasteiger charge is 2.29. The Morgan fingerprint density at radius 3 is 2.74 bits per heavy atom. The highest BCUT2D eigenvalue weighted by atomic mass is 19.1. The van der Waals surface area contributed by atoms with Gasteiger partial charge in [0, 0.05) is 5.54 Å². The quantitative estimate of drug-likeness (QED) is 0.857. The fourth-order valence-corrected chi connectivity index (χ4v) is 2.32. The average Bonchev–Trinajstić information content (AvgIpc) is 2.79. The topological polar surface area (TPSA) is 64.3 Å². The molecule has 5 heteroatoms. The molecular formula is C14H19FN2O2. The summed E-state index contributed by atoms with van der Waals surface area (Å²) in [4.78, 5) is 11.6. The van der Waals surface area contributed by atoms with Crippen molar-refractivity contribution in [2.45, 2.75) is 31.2 Å². The molecule has 3 N–H and O–H groups in total. The van der Waals surface area contributed by atoms with Gasteiger partial charge in [-0.2, -0.15) is 0 Å². The lowest BCUT2D eigenvalue weighted by molar-refractivity contribution is -0.121. The first kappa shape index (κ1) is 14.0. The van der Waals surface area contributed by atoms with E-state index in [4.69, 9.17) is 10.5 Å². The largest absolute Gasteiger partial charge is 0.370 e. The third-order valence-corrected chi connectivity index (χ3v) is 3.37. The molecule has 0 radical (unpaired) electrons. The number of para-hydroxylation sites is 1. The summed E-state index contributed by atoms with van der Waals surface area (Å²) >= 11 is 0. The standard InChI is InChI=1S/C14H19FN2O2/c15-11-5-1-2-6-12(11)17-13(18)9-19-10-14(16)7-3-4-8-14/h1-2,5-6H,3-4,7-10,16H2,(H,17,18). The van der Waals surface area contributed by atoms with Gasteiger partial charge in [-0.1, -0.05) is 25.0 Å². The van der Waals surface area contributed by atoms with Crippen molar-refractivity contribution in [1.29, 1.82) is 0 Å². The fraction of sp³-hybridized carbons (Fsp3) is 0.500. The number of hydrogen-bond acceptors (Lipinski definition) is 3. The molecule has 1 saturated carbocycles. The van der Waals surface area contributed by atoms with Gasteiger partial charge in [-0.3, -0.25) is 4.79 Å². The predicted molar refractivity (Wildman–Crippen MR) is 71.2 cm³/mol. The van der Waals surface area contributed by atoms with Gasteiger partial charge in [0.2, 0.25) is 5.91 Å². The number of hydrogen-bond donors (Lipinski definition) is 2. The number of halogens is 1. The van der Waals surface area contributed by atoms with E-state index in [0.29, 0.717) is 6.61 Å². The van der Waals surface area contributed by atoms with Crippen LogP contribution in [0, 0.1) is 5.82 Å². The molecular weight excluding hydrogens is 247 g/mol. The number of anilines is 1. The van der Waals surface area contributed by atoms with Crippen molar-refractivity contribution >= 4 is 11.6 Å². The van der Waals surface area contributed by atoms with Gasteiger partial charge < -0.3 is 15.8 Å². The van der Waals surface area contributed by atoms with Gasteiger partial charge in [0.15, 0.2) is 0 Å². The van der Waals surface area contributed by atoms with E-state index >= 15 is 0 Å². The van der Waals surface area contributed by atoms with Crippen LogP contribution in [0.5, 0.6) is 0 Å². The van der Waals surface area contributed by atoms with E-state index in [1.165, 1.54) is 12.1 Å². The van der Waals surface area contributed by atoms with Crippen LogP contribution in [0.25, 0.3) is 0 Å². The average molecular weight is 266 g/mol. The molecule has 0 bridgehead atoms. The van der Waals surface area contributed by atoms with Crippen molar-refractivity contribution in [2.24, 2.45) is 5.73 Å². The summed E-state index contributed by atoms with van der Waals surface area (Å²) in [5.74, 6) is -0.825. The monoisotopic (exact) mass is 266 g/mol. The van der Waals surface area contributed by atoms with E-state index < -0.39 is 5.82 Å². The van der Waals surface area contributed by atoms with Crippen LogP contribution in [0.15, 0.2) is 24.3 Å². The maximum absolute atomic E-state index is 13.3. The van der Waals surface area contributed by atoms with Crippen LogP contribution in [0.2, 0.25) is 0 Å². The third-order valence-electron chi connectivity index (χ3n) is 3.37. The fourth-order valence-electron chi connectivity index (χ4n) is 2.32. The predicted octanol–water partition coefficient (Wildman–Crippen LogP) is 2.05. The molecule has 0 unspecified atom stereocenters. The van der Waals surface area contributed by atoms with Gasteiger partial charge in [0.05, 0.1) is 12.3 Å². The number of carbonyl (C=O) groups is 1. The first-order valence-corrected chi connectivity index (χ1v) is 6.50. The summed E-state index contributed by atoms with van der Waals surface area (Å²) in [6.45, 7) is 0.269. The maximum Gasteiger partial charge on any atom is 0.250 e. The molecule has 0 atom stereocenters. The Bertz CT molecular complexity index is 445. The Morgan fingerprint density at radius 2 is 2.05 bits per heavy atom. The minimum Gasteiger partial charge on any atom is -0.370 e. The van der Waals surface area contributed by atoms with E-state index in [9.17, 15) is 9.18 Å². The Balaban J connectivity index is 1.74. The van der Waals surface area contributed by atoms with E-state index in [0.717, 1.165) is 25.7 Å². The third kappa shape index (κ3) is 4.01. The second-order valence-corrected chi connectivity index (χ2v) is 5.09. The van der Waals surface area contributed by atoms with Crippen LogP contribution < -0.4 is 11.1 Å². The number of rotatable bonds is 5. The molecule has 1 aromatic rings. The smallest absolute Gasteiger partial charge is 0.250 e. The molecule has 0 spiro atoms. The van der Waals surface area contributed by atoms with Crippen LogP contribution in [-0.4, -0.2) is 24.7 Å². The summed E-state index contributed by atoms with van der Waals surface area (Å²) in [6, 6.07) is 6.03. The number of benzene rings is 1. The van der Waals surface area contributed by atoms with Gasteiger partial charge in [-0.15, -0.1) is 0 Å².